The summed E-state index contributed by atoms with van der Waals surface area (Å²) in [5.74, 6) is 2.02. The maximum atomic E-state index is 13.3. The van der Waals surface area contributed by atoms with Gasteiger partial charge in [-0.25, -0.2) is 0 Å². The van der Waals surface area contributed by atoms with Crippen LogP contribution < -0.4 is 9.47 Å². The second-order valence-electron chi connectivity index (χ2n) is 8.58. The molecule has 184 valence electrons. The lowest BCUT2D eigenvalue weighted by Crippen LogP contribution is -2.48. The van der Waals surface area contributed by atoms with Gasteiger partial charge in [0.2, 0.25) is 5.82 Å². The fourth-order valence-corrected chi connectivity index (χ4v) is 4.20. The number of nitrogens with zero attached hydrogens (tertiary/aromatic N) is 4. The Balaban J connectivity index is 1.19. The average Bonchev–Trinajstić information content (AvgIpc) is 3.42. The number of ether oxygens (including phenoxy) is 2. The molecule has 8 nitrogen and oxygen atoms in total. The van der Waals surface area contributed by atoms with E-state index in [1.54, 1.807) is 19.2 Å². The Morgan fingerprint density at radius 2 is 1.64 bits per heavy atom. The summed E-state index contributed by atoms with van der Waals surface area (Å²) in [5, 5.41) is 4.04. The van der Waals surface area contributed by atoms with Gasteiger partial charge in [0, 0.05) is 38.3 Å². The summed E-state index contributed by atoms with van der Waals surface area (Å²) >= 11 is 0. The van der Waals surface area contributed by atoms with Crippen LogP contribution in [0.15, 0.2) is 83.4 Å². The SMILES string of the molecule is COc1ccc(-c2noc(COc3ccccc3C(=O)N3CCN(Cc4ccccc4)CC3)n2)cc1. The topological polar surface area (TPSA) is 80.9 Å². The second-order valence-corrected chi connectivity index (χ2v) is 8.58. The number of piperazine rings is 1. The van der Waals surface area contributed by atoms with Crippen LogP contribution in [0, 0.1) is 0 Å². The number of benzene rings is 3. The molecule has 1 aromatic heterocycles. The minimum absolute atomic E-state index is 0.0330. The van der Waals surface area contributed by atoms with Crippen LogP contribution in [-0.4, -0.2) is 59.1 Å². The second kappa shape index (κ2) is 11.0. The molecule has 1 saturated heterocycles. The van der Waals surface area contributed by atoms with E-state index < -0.39 is 0 Å². The Labute approximate surface area is 210 Å². The predicted octanol–water partition coefficient (Wildman–Crippen LogP) is 4.28. The molecule has 5 rings (SSSR count). The van der Waals surface area contributed by atoms with E-state index in [1.165, 1.54) is 5.56 Å². The first-order valence-electron chi connectivity index (χ1n) is 11.9. The summed E-state index contributed by atoms with van der Waals surface area (Å²) in [5.41, 5.74) is 2.63. The van der Waals surface area contributed by atoms with Gasteiger partial charge in [-0.1, -0.05) is 47.6 Å². The smallest absolute Gasteiger partial charge is 0.264 e. The van der Waals surface area contributed by atoms with Crippen LogP contribution in [0.1, 0.15) is 21.8 Å². The first-order valence-corrected chi connectivity index (χ1v) is 11.9. The van der Waals surface area contributed by atoms with Crippen molar-refractivity contribution in [2.75, 3.05) is 33.3 Å². The highest BCUT2D eigenvalue weighted by Gasteiger charge is 2.24. The van der Waals surface area contributed by atoms with E-state index in [-0.39, 0.29) is 12.5 Å². The molecule has 1 aliphatic heterocycles. The maximum Gasteiger partial charge on any atom is 0.264 e. The number of amides is 1. The number of hydrogen-bond acceptors (Lipinski definition) is 7. The van der Waals surface area contributed by atoms with Crippen LogP contribution in [0.2, 0.25) is 0 Å². The normalized spacial score (nSPS) is 14.0. The summed E-state index contributed by atoms with van der Waals surface area (Å²) in [6, 6.07) is 25.1. The molecule has 2 heterocycles. The summed E-state index contributed by atoms with van der Waals surface area (Å²) in [7, 11) is 1.62. The lowest BCUT2D eigenvalue weighted by atomic mass is 10.1. The van der Waals surface area contributed by atoms with Crippen LogP contribution in [0.4, 0.5) is 0 Å². The van der Waals surface area contributed by atoms with Gasteiger partial charge in [-0.3, -0.25) is 9.69 Å². The van der Waals surface area contributed by atoms with Crippen molar-refractivity contribution in [2.24, 2.45) is 0 Å². The molecular formula is C28H28N4O4. The van der Waals surface area contributed by atoms with Gasteiger partial charge in [-0.05, 0) is 42.0 Å². The van der Waals surface area contributed by atoms with Gasteiger partial charge < -0.3 is 18.9 Å². The lowest BCUT2D eigenvalue weighted by Gasteiger charge is -2.35. The van der Waals surface area contributed by atoms with Gasteiger partial charge in [0.15, 0.2) is 6.61 Å². The van der Waals surface area contributed by atoms with Gasteiger partial charge in [0.05, 0.1) is 12.7 Å². The molecule has 1 aliphatic rings. The molecule has 36 heavy (non-hydrogen) atoms. The zero-order valence-electron chi connectivity index (χ0n) is 20.2. The van der Waals surface area contributed by atoms with Crippen molar-refractivity contribution in [3.8, 4) is 22.9 Å². The fraction of sp³-hybridized carbons (Fsp3) is 0.250. The minimum Gasteiger partial charge on any atom is -0.497 e. The molecule has 0 bridgehead atoms. The van der Waals surface area contributed by atoms with Crippen molar-refractivity contribution in [1.82, 2.24) is 19.9 Å². The monoisotopic (exact) mass is 484 g/mol. The molecule has 0 unspecified atom stereocenters. The molecule has 3 aromatic carbocycles. The van der Waals surface area contributed by atoms with Crippen molar-refractivity contribution in [1.29, 1.82) is 0 Å². The van der Waals surface area contributed by atoms with Crippen molar-refractivity contribution >= 4 is 5.91 Å². The quantitative estimate of drug-likeness (QED) is 0.369. The van der Waals surface area contributed by atoms with E-state index >= 15 is 0 Å². The van der Waals surface area contributed by atoms with Crippen molar-refractivity contribution < 1.29 is 18.8 Å². The van der Waals surface area contributed by atoms with E-state index in [0.29, 0.717) is 36.1 Å². The van der Waals surface area contributed by atoms with E-state index in [1.807, 2.05) is 47.4 Å². The van der Waals surface area contributed by atoms with E-state index in [0.717, 1.165) is 30.9 Å². The van der Waals surface area contributed by atoms with Crippen molar-refractivity contribution in [2.45, 2.75) is 13.2 Å². The Morgan fingerprint density at radius 1 is 0.917 bits per heavy atom. The number of aromatic nitrogens is 2. The number of hydrogen-bond donors (Lipinski definition) is 0. The van der Waals surface area contributed by atoms with Crippen molar-refractivity contribution in [3.05, 3.63) is 95.9 Å². The molecule has 0 atom stereocenters. The maximum absolute atomic E-state index is 13.3. The fourth-order valence-electron chi connectivity index (χ4n) is 4.20. The molecule has 0 radical (unpaired) electrons. The first-order chi connectivity index (χ1) is 17.7. The highest BCUT2D eigenvalue weighted by molar-refractivity contribution is 5.97. The molecule has 0 N–H and O–H groups in total. The average molecular weight is 485 g/mol. The first kappa shape index (κ1) is 23.6. The Kier molecular flexibility index (Phi) is 7.23. The van der Waals surface area contributed by atoms with Crippen LogP contribution >= 0.6 is 0 Å². The zero-order valence-corrected chi connectivity index (χ0v) is 20.2. The van der Waals surface area contributed by atoms with Gasteiger partial charge in [-0.15, -0.1) is 0 Å². The van der Waals surface area contributed by atoms with E-state index in [2.05, 4.69) is 39.3 Å². The molecular weight excluding hydrogens is 456 g/mol. The third-order valence-corrected chi connectivity index (χ3v) is 6.19. The summed E-state index contributed by atoms with van der Waals surface area (Å²) in [6.07, 6.45) is 0. The third kappa shape index (κ3) is 5.55. The number of rotatable bonds is 8. The van der Waals surface area contributed by atoms with E-state index in [4.69, 9.17) is 14.0 Å². The Hall–Kier alpha value is -4.17. The molecule has 0 spiro atoms. The predicted molar refractivity (Wildman–Crippen MR) is 135 cm³/mol. The molecule has 1 amide bonds. The molecule has 1 fully saturated rings. The summed E-state index contributed by atoms with van der Waals surface area (Å²) < 4.78 is 16.5. The third-order valence-electron chi connectivity index (χ3n) is 6.19. The van der Waals surface area contributed by atoms with Crippen LogP contribution in [0.25, 0.3) is 11.4 Å². The highest BCUT2D eigenvalue weighted by Crippen LogP contribution is 2.23. The molecule has 8 heteroatoms. The number of carbonyl (C=O) groups is 1. The number of carbonyl (C=O) groups excluding carboxylic acids is 1. The number of methoxy groups -OCH3 is 1. The van der Waals surface area contributed by atoms with E-state index in [9.17, 15) is 4.79 Å². The van der Waals surface area contributed by atoms with Gasteiger partial charge in [0.25, 0.3) is 11.8 Å². The zero-order chi connectivity index (χ0) is 24.7. The van der Waals surface area contributed by atoms with Crippen molar-refractivity contribution in [3.63, 3.8) is 0 Å². The minimum atomic E-state index is -0.0330. The van der Waals surface area contributed by atoms with Gasteiger partial charge in [-0.2, -0.15) is 4.98 Å². The summed E-state index contributed by atoms with van der Waals surface area (Å²) in [4.78, 5) is 22.0. The summed E-state index contributed by atoms with van der Waals surface area (Å²) in [6.45, 7) is 3.98. The van der Waals surface area contributed by atoms with Crippen LogP contribution in [0.5, 0.6) is 11.5 Å². The lowest BCUT2D eigenvalue weighted by molar-refractivity contribution is 0.0623. The molecule has 4 aromatic rings. The van der Waals surface area contributed by atoms with Crippen LogP contribution in [-0.2, 0) is 13.2 Å². The highest BCUT2D eigenvalue weighted by atomic mass is 16.5. The van der Waals surface area contributed by atoms with Gasteiger partial charge >= 0.3 is 0 Å². The largest absolute Gasteiger partial charge is 0.497 e. The Bertz CT molecular complexity index is 1280. The standard InChI is InChI=1S/C28H28N4O4/c1-34-23-13-11-22(12-14-23)27-29-26(36-30-27)20-35-25-10-6-5-9-24(25)28(33)32-17-15-31(16-18-32)19-21-7-3-2-4-8-21/h2-14H,15-20H2,1H3. The van der Waals surface area contributed by atoms with Gasteiger partial charge in [0.1, 0.15) is 11.5 Å². The Morgan fingerprint density at radius 3 is 2.39 bits per heavy atom. The molecule has 0 aliphatic carbocycles. The van der Waals surface area contributed by atoms with Crippen LogP contribution in [0.3, 0.4) is 0 Å². The number of para-hydroxylation sites is 1. The molecule has 0 saturated carbocycles.